The number of para-hydroxylation sites is 1. The Hall–Kier alpha value is -2.95. The molecule has 0 aliphatic carbocycles. The van der Waals surface area contributed by atoms with E-state index in [1.165, 1.54) is 12.1 Å². The summed E-state index contributed by atoms with van der Waals surface area (Å²) in [5.74, 6) is 0.535. The molecule has 0 amide bonds. The van der Waals surface area contributed by atoms with Crippen LogP contribution in [0.1, 0.15) is 27.9 Å². The molecule has 0 atom stereocenters. The van der Waals surface area contributed by atoms with Gasteiger partial charge in [-0.1, -0.05) is 24.3 Å². The van der Waals surface area contributed by atoms with Crippen LogP contribution in [-0.4, -0.2) is 17.3 Å². The van der Waals surface area contributed by atoms with Crippen LogP contribution in [0.5, 0.6) is 5.75 Å². The summed E-state index contributed by atoms with van der Waals surface area (Å²) in [6.45, 7) is 2.31. The van der Waals surface area contributed by atoms with Crippen molar-refractivity contribution in [3.63, 3.8) is 0 Å². The van der Waals surface area contributed by atoms with Crippen LogP contribution in [0.4, 0.5) is 5.69 Å². The fraction of sp³-hybridized carbons (Fsp3) is 0.167. The van der Waals surface area contributed by atoms with E-state index in [1.807, 2.05) is 19.1 Å². The molecule has 0 spiro atoms. The number of benzene rings is 2. The topological polar surface area (TPSA) is 69.4 Å². The van der Waals surface area contributed by atoms with Gasteiger partial charge < -0.3 is 4.74 Å². The lowest BCUT2D eigenvalue weighted by molar-refractivity contribution is -0.384. The molecule has 116 valence electrons. The van der Waals surface area contributed by atoms with Crippen LogP contribution in [0.2, 0.25) is 0 Å². The van der Waals surface area contributed by atoms with Crippen molar-refractivity contribution in [1.82, 2.24) is 0 Å². The van der Waals surface area contributed by atoms with Crippen molar-refractivity contribution in [2.75, 3.05) is 6.61 Å². The summed E-state index contributed by atoms with van der Waals surface area (Å²) in [4.78, 5) is 23.1. The Morgan fingerprint density at radius 3 is 2.78 bits per heavy atom. The van der Waals surface area contributed by atoms with Gasteiger partial charge in [0.15, 0.2) is 5.78 Å². The number of ketones is 1. The van der Waals surface area contributed by atoms with Crippen LogP contribution >= 0.6 is 0 Å². The van der Waals surface area contributed by atoms with Crippen molar-refractivity contribution in [2.24, 2.45) is 0 Å². The first-order valence-corrected chi connectivity index (χ1v) is 7.28. The molecule has 1 aliphatic heterocycles. The van der Waals surface area contributed by atoms with Gasteiger partial charge in [-0.2, -0.15) is 0 Å². The number of ether oxygens (including phenoxy) is 1. The molecule has 0 bridgehead atoms. The number of Topliss-reactive ketones (excluding diaryl/α,β-unsaturated/α-hetero) is 1. The minimum atomic E-state index is -0.446. The number of hydrogen-bond acceptors (Lipinski definition) is 4. The molecule has 23 heavy (non-hydrogen) atoms. The van der Waals surface area contributed by atoms with Gasteiger partial charge in [0.25, 0.3) is 5.69 Å². The number of non-ortho nitro benzene ring substituents is 1. The fourth-order valence-corrected chi connectivity index (χ4v) is 2.64. The van der Waals surface area contributed by atoms with Crippen LogP contribution < -0.4 is 4.74 Å². The van der Waals surface area contributed by atoms with Gasteiger partial charge in [0.2, 0.25) is 0 Å². The molecule has 1 heterocycles. The summed E-state index contributed by atoms with van der Waals surface area (Å²) >= 11 is 0. The van der Waals surface area contributed by atoms with Crippen molar-refractivity contribution in [3.05, 3.63) is 74.8 Å². The number of carbonyl (C=O) groups is 1. The monoisotopic (exact) mass is 309 g/mol. The Bertz CT molecular complexity index is 824. The Morgan fingerprint density at radius 1 is 1.22 bits per heavy atom. The second-order valence-corrected chi connectivity index (χ2v) is 5.40. The number of fused-ring (bicyclic) bond motifs is 1. The predicted octanol–water partition coefficient (Wildman–Crippen LogP) is 3.95. The maximum absolute atomic E-state index is 12.7. The zero-order valence-electron chi connectivity index (χ0n) is 12.6. The molecular weight excluding hydrogens is 294 g/mol. The van der Waals surface area contributed by atoms with E-state index in [-0.39, 0.29) is 11.5 Å². The maximum atomic E-state index is 12.7. The van der Waals surface area contributed by atoms with Gasteiger partial charge in [-0.05, 0) is 30.2 Å². The Morgan fingerprint density at radius 2 is 2.00 bits per heavy atom. The van der Waals surface area contributed by atoms with Crippen molar-refractivity contribution in [3.8, 4) is 5.75 Å². The zero-order valence-corrected chi connectivity index (χ0v) is 12.6. The molecule has 1 aliphatic rings. The first-order valence-electron chi connectivity index (χ1n) is 7.28. The first kappa shape index (κ1) is 15.0. The lowest BCUT2D eigenvalue weighted by Gasteiger charge is -2.08. The number of nitro groups is 1. The molecule has 0 radical (unpaired) electrons. The number of aryl methyl sites for hydroxylation is 1. The third-order valence-corrected chi connectivity index (χ3v) is 3.79. The van der Waals surface area contributed by atoms with Gasteiger partial charge in [0.1, 0.15) is 5.75 Å². The van der Waals surface area contributed by atoms with Crippen molar-refractivity contribution in [2.45, 2.75) is 13.3 Å². The van der Waals surface area contributed by atoms with Crippen molar-refractivity contribution >= 4 is 17.5 Å². The maximum Gasteiger partial charge on any atom is 0.270 e. The fourth-order valence-electron chi connectivity index (χ4n) is 2.64. The van der Waals surface area contributed by atoms with E-state index in [2.05, 4.69) is 0 Å². The van der Waals surface area contributed by atoms with Gasteiger partial charge in [0.05, 0.1) is 17.1 Å². The minimum absolute atomic E-state index is 0.00733. The van der Waals surface area contributed by atoms with Gasteiger partial charge in [-0.3, -0.25) is 14.9 Å². The van der Waals surface area contributed by atoms with Crippen molar-refractivity contribution < 1.29 is 14.5 Å². The summed E-state index contributed by atoms with van der Waals surface area (Å²) < 4.78 is 5.71. The number of nitrogens with zero attached hydrogens (tertiary/aromatic N) is 1. The second-order valence-electron chi connectivity index (χ2n) is 5.40. The van der Waals surface area contributed by atoms with E-state index in [1.54, 1.807) is 24.3 Å². The molecule has 0 unspecified atom stereocenters. The third kappa shape index (κ3) is 2.99. The standard InChI is InChI=1S/C18H15NO4/c1-12-4-2-7-16-17(20)14(8-9-23-18(12)16)10-13-5-3-6-15(11-13)19(21)22/h2-7,10-11H,8-9H2,1H3/b14-10-. The Balaban J connectivity index is 2.02. The average molecular weight is 309 g/mol. The normalized spacial score (nSPS) is 15.7. The molecule has 2 aromatic carbocycles. The van der Waals surface area contributed by atoms with Gasteiger partial charge >= 0.3 is 0 Å². The second kappa shape index (κ2) is 6.04. The van der Waals surface area contributed by atoms with Crippen LogP contribution in [0, 0.1) is 17.0 Å². The van der Waals surface area contributed by atoms with E-state index in [9.17, 15) is 14.9 Å². The first-order chi connectivity index (χ1) is 11.1. The van der Waals surface area contributed by atoms with Crippen LogP contribution in [-0.2, 0) is 0 Å². The van der Waals surface area contributed by atoms with E-state index in [4.69, 9.17) is 4.74 Å². The van der Waals surface area contributed by atoms with Gasteiger partial charge in [0, 0.05) is 24.1 Å². The molecule has 2 aromatic rings. The number of rotatable bonds is 2. The highest BCUT2D eigenvalue weighted by Gasteiger charge is 2.22. The van der Waals surface area contributed by atoms with Crippen molar-refractivity contribution in [1.29, 1.82) is 0 Å². The highest BCUT2D eigenvalue weighted by Crippen LogP contribution is 2.30. The highest BCUT2D eigenvalue weighted by molar-refractivity contribution is 6.13. The summed E-state index contributed by atoms with van der Waals surface area (Å²) in [5, 5.41) is 10.9. The summed E-state index contributed by atoms with van der Waals surface area (Å²) in [7, 11) is 0. The number of nitro benzene ring substituents is 1. The lowest BCUT2D eigenvalue weighted by atomic mass is 9.97. The number of carbonyl (C=O) groups excluding carboxylic acids is 1. The highest BCUT2D eigenvalue weighted by atomic mass is 16.6. The smallest absolute Gasteiger partial charge is 0.270 e. The lowest BCUT2D eigenvalue weighted by Crippen LogP contribution is -2.02. The molecule has 3 rings (SSSR count). The molecular formula is C18H15NO4. The molecule has 5 nitrogen and oxygen atoms in total. The third-order valence-electron chi connectivity index (χ3n) is 3.79. The Kier molecular flexibility index (Phi) is 3.93. The van der Waals surface area contributed by atoms with E-state index in [0.717, 1.165) is 5.56 Å². The molecule has 0 fully saturated rings. The van der Waals surface area contributed by atoms with Gasteiger partial charge in [-0.15, -0.1) is 0 Å². The quantitative estimate of drug-likeness (QED) is 0.478. The predicted molar refractivity (Wildman–Crippen MR) is 86.7 cm³/mol. The summed E-state index contributed by atoms with van der Waals surface area (Å²) in [6, 6.07) is 11.7. The molecule has 0 N–H and O–H groups in total. The Labute approximate surface area is 133 Å². The van der Waals surface area contributed by atoms with E-state index in [0.29, 0.717) is 35.5 Å². The number of hydrogen-bond donors (Lipinski definition) is 0. The van der Waals surface area contributed by atoms with Crippen LogP contribution in [0.3, 0.4) is 0 Å². The summed E-state index contributed by atoms with van der Waals surface area (Å²) in [6.07, 6.45) is 2.17. The van der Waals surface area contributed by atoms with Gasteiger partial charge in [-0.25, -0.2) is 0 Å². The molecule has 0 saturated carbocycles. The molecule has 0 aromatic heterocycles. The van der Waals surface area contributed by atoms with Crippen LogP contribution in [0.25, 0.3) is 6.08 Å². The minimum Gasteiger partial charge on any atom is -0.492 e. The van der Waals surface area contributed by atoms with E-state index < -0.39 is 4.92 Å². The largest absolute Gasteiger partial charge is 0.492 e. The average Bonchev–Trinajstić information content (AvgIpc) is 2.69. The molecule has 0 saturated heterocycles. The SMILES string of the molecule is Cc1cccc2c1OCC/C(=C/c1cccc([N+](=O)[O-])c1)C2=O. The van der Waals surface area contributed by atoms with Crippen LogP contribution in [0.15, 0.2) is 48.0 Å². The van der Waals surface area contributed by atoms with E-state index >= 15 is 0 Å². The zero-order chi connectivity index (χ0) is 16.4. The summed E-state index contributed by atoms with van der Waals surface area (Å²) in [5.41, 5.74) is 2.70. The molecule has 5 heteroatoms.